The zero-order chi connectivity index (χ0) is 8.65. The van der Waals surface area contributed by atoms with Gasteiger partial charge in [-0.3, -0.25) is 10.3 Å². The Hall–Kier alpha value is -0.410. The first-order chi connectivity index (χ1) is 5.93. The molecule has 0 radical (unpaired) electrons. The molecule has 0 fully saturated rings. The SMILES string of the molecule is NCCCCCC1N=CCCN1. The third-order valence-corrected chi connectivity index (χ3v) is 2.12. The van der Waals surface area contributed by atoms with Crippen LogP contribution >= 0.6 is 0 Å². The first-order valence-corrected chi connectivity index (χ1v) is 4.88. The molecule has 1 rings (SSSR count). The molecule has 3 heteroatoms. The lowest BCUT2D eigenvalue weighted by atomic mass is 10.1. The summed E-state index contributed by atoms with van der Waals surface area (Å²) in [5.41, 5.74) is 5.40. The summed E-state index contributed by atoms with van der Waals surface area (Å²) in [6.07, 6.45) is 8.30. The van der Waals surface area contributed by atoms with Crippen LogP contribution in [0.25, 0.3) is 0 Å². The van der Waals surface area contributed by atoms with E-state index in [-0.39, 0.29) is 0 Å². The van der Waals surface area contributed by atoms with E-state index in [2.05, 4.69) is 10.3 Å². The van der Waals surface area contributed by atoms with Crippen molar-refractivity contribution >= 4 is 6.21 Å². The minimum atomic E-state index is 0.386. The van der Waals surface area contributed by atoms with Gasteiger partial charge in [0.25, 0.3) is 0 Å². The Labute approximate surface area is 74.4 Å². The minimum Gasteiger partial charge on any atom is -0.330 e. The van der Waals surface area contributed by atoms with Gasteiger partial charge in [-0.05, 0) is 32.2 Å². The first-order valence-electron chi connectivity index (χ1n) is 4.88. The van der Waals surface area contributed by atoms with Crippen LogP contribution in [0.4, 0.5) is 0 Å². The quantitative estimate of drug-likeness (QED) is 0.601. The van der Waals surface area contributed by atoms with Gasteiger partial charge in [-0.25, -0.2) is 0 Å². The van der Waals surface area contributed by atoms with E-state index in [9.17, 15) is 0 Å². The largest absolute Gasteiger partial charge is 0.330 e. The van der Waals surface area contributed by atoms with E-state index >= 15 is 0 Å². The van der Waals surface area contributed by atoms with E-state index < -0.39 is 0 Å². The van der Waals surface area contributed by atoms with Gasteiger partial charge >= 0.3 is 0 Å². The number of rotatable bonds is 5. The second-order valence-electron chi connectivity index (χ2n) is 3.23. The van der Waals surface area contributed by atoms with E-state index in [0.29, 0.717) is 6.17 Å². The van der Waals surface area contributed by atoms with Crippen molar-refractivity contribution in [1.82, 2.24) is 5.32 Å². The standard InChI is InChI=1S/C9H19N3/c10-6-3-1-2-5-9-11-7-4-8-12-9/h7,9,12H,1-6,8,10H2. The lowest BCUT2D eigenvalue weighted by Gasteiger charge is -2.17. The molecular weight excluding hydrogens is 150 g/mol. The van der Waals surface area contributed by atoms with E-state index in [1.54, 1.807) is 0 Å². The molecule has 1 atom stereocenters. The highest BCUT2D eigenvalue weighted by Gasteiger charge is 2.06. The highest BCUT2D eigenvalue weighted by Crippen LogP contribution is 2.05. The Kier molecular flexibility index (Phi) is 4.95. The summed E-state index contributed by atoms with van der Waals surface area (Å²) in [6.45, 7) is 1.91. The summed E-state index contributed by atoms with van der Waals surface area (Å²) in [5.74, 6) is 0. The minimum absolute atomic E-state index is 0.386. The molecule has 3 N–H and O–H groups in total. The summed E-state index contributed by atoms with van der Waals surface area (Å²) in [5, 5.41) is 3.37. The molecule has 12 heavy (non-hydrogen) atoms. The van der Waals surface area contributed by atoms with Crippen molar-refractivity contribution in [3.63, 3.8) is 0 Å². The van der Waals surface area contributed by atoms with Gasteiger partial charge in [0.2, 0.25) is 0 Å². The Morgan fingerprint density at radius 2 is 2.33 bits per heavy atom. The lowest BCUT2D eigenvalue weighted by Crippen LogP contribution is -2.31. The van der Waals surface area contributed by atoms with Crippen LogP contribution in [0.2, 0.25) is 0 Å². The molecule has 0 aromatic heterocycles. The van der Waals surface area contributed by atoms with Crippen molar-refractivity contribution < 1.29 is 0 Å². The fourth-order valence-corrected chi connectivity index (χ4v) is 1.40. The summed E-state index contributed by atoms with van der Waals surface area (Å²) in [4.78, 5) is 4.36. The molecule has 0 bridgehead atoms. The molecule has 0 saturated carbocycles. The van der Waals surface area contributed by atoms with Gasteiger partial charge < -0.3 is 5.73 Å². The second kappa shape index (κ2) is 6.14. The van der Waals surface area contributed by atoms with Crippen LogP contribution in [-0.4, -0.2) is 25.5 Å². The van der Waals surface area contributed by atoms with Crippen LogP contribution in [0.5, 0.6) is 0 Å². The molecule has 0 spiro atoms. The molecule has 0 aromatic carbocycles. The average molecular weight is 169 g/mol. The molecule has 0 aliphatic carbocycles. The van der Waals surface area contributed by atoms with Gasteiger partial charge in [-0.2, -0.15) is 0 Å². The highest BCUT2D eigenvalue weighted by atomic mass is 15.1. The molecule has 1 heterocycles. The van der Waals surface area contributed by atoms with Crippen molar-refractivity contribution in [2.75, 3.05) is 13.1 Å². The Morgan fingerprint density at radius 1 is 1.42 bits per heavy atom. The van der Waals surface area contributed by atoms with Gasteiger partial charge in [0.1, 0.15) is 0 Å². The molecule has 3 nitrogen and oxygen atoms in total. The highest BCUT2D eigenvalue weighted by molar-refractivity contribution is 5.58. The fourth-order valence-electron chi connectivity index (χ4n) is 1.40. The fraction of sp³-hybridized carbons (Fsp3) is 0.889. The summed E-state index contributed by atoms with van der Waals surface area (Å²) < 4.78 is 0. The number of nitrogens with one attached hydrogen (secondary N) is 1. The van der Waals surface area contributed by atoms with Crippen molar-refractivity contribution in [2.24, 2.45) is 10.7 Å². The number of nitrogens with two attached hydrogens (primary N) is 1. The zero-order valence-electron chi connectivity index (χ0n) is 7.63. The van der Waals surface area contributed by atoms with E-state index in [4.69, 9.17) is 5.73 Å². The topological polar surface area (TPSA) is 50.4 Å². The van der Waals surface area contributed by atoms with Crippen LogP contribution in [0.3, 0.4) is 0 Å². The monoisotopic (exact) mass is 169 g/mol. The third kappa shape index (κ3) is 3.83. The van der Waals surface area contributed by atoms with Gasteiger partial charge in [0.05, 0.1) is 6.17 Å². The molecule has 0 saturated heterocycles. The lowest BCUT2D eigenvalue weighted by molar-refractivity contribution is 0.466. The summed E-state index contributed by atoms with van der Waals surface area (Å²) >= 11 is 0. The maximum atomic E-state index is 5.40. The number of hydrogen-bond donors (Lipinski definition) is 2. The molecule has 1 aliphatic heterocycles. The molecule has 1 unspecified atom stereocenters. The van der Waals surface area contributed by atoms with Crippen LogP contribution in [-0.2, 0) is 0 Å². The predicted molar refractivity (Wildman–Crippen MR) is 52.4 cm³/mol. The number of aliphatic imine (C=N–C) groups is 1. The van der Waals surface area contributed by atoms with Gasteiger partial charge in [-0.15, -0.1) is 0 Å². The maximum Gasteiger partial charge on any atom is 0.0990 e. The Bertz CT molecular complexity index is 134. The van der Waals surface area contributed by atoms with E-state index in [0.717, 1.165) is 32.4 Å². The van der Waals surface area contributed by atoms with Crippen molar-refractivity contribution in [3.05, 3.63) is 0 Å². The molecule has 0 aromatic rings. The predicted octanol–water partition coefficient (Wildman–Crippen LogP) is 0.896. The Morgan fingerprint density at radius 3 is 3.00 bits per heavy atom. The molecule has 1 aliphatic rings. The number of hydrogen-bond acceptors (Lipinski definition) is 3. The third-order valence-electron chi connectivity index (χ3n) is 2.12. The van der Waals surface area contributed by atoms with Gasteiger partial charge in [-0.1, -0.05) is 6.42 Å². The van der Waals surface area contributed by atoms with Crippen LogP contribution in [0.1, 0.15) is 32.1 Å². The molecule has 70 valence electrons. The summed E-state index contributed by atoms with van der Waals surface area (Å²) in [6, 6.07) is 0. The van der Waals surface area contributed by atoms with Crippen molar-refractivity contribution in [3.8, 4) is 0 Å². The molecular formula is C9H19N3. The number of unbranched alkanes of at least 4 members (excludes halogenated alkanes) is 2. The van der Waals surface area contributed by atoms with Crippen LogP contribution in [0, 0.1) is 0 Å². The number of nitrogens with zero attached hydrogens (tertiary/aromatic N) is 1. The van der Waals surface area contributed by atoms with Crippen LogP contribution < -0.4 is 11.1 Å². The average Bonchev–Trinajstić information content (AvgIpc) is 2.14. The smallest absolute Gasteiger partial charge is 0.0990 e. The van der Waals surface area contributed by atoms with E-state index in [1.807, 2.05) is 6.21 Å². The van der Waals surface area contributed by atoms with Crippen molar-refractivity contribution in [1.29, 1.82) is 0 Å². The van der Waals surface area contributed by atoms with E-state index in [1.165, 1.54) is 12.8 Å². The molecule has 0 amide bonds. The van der Waals surface area contributed by atoms with Crippen LogP contribution in [0.15, 0.2) is 4.99 Å². The van der Waals surface area contributed by atoms with Gasteiger partial charge in [0, 0.05) is 12.8 Å². The van der Waals surface area contributed by atoms with Crippen molar-refractivity contribution in [2.45, 2.75) is 38.3 Å². The Balaban J connectivity index is 1.98. The maximum absolute atomic E-state index is 5.40. The zero-order valence-corrected chi connectivity index (χ0v) is 7.63. The first kappa shape index (κ1) is 9.68. The summed E-state index contributed by atoms with van der Waals surface area (Å²) in [7, 11) is 0. The normalized spacial score (nSPS) is 22.9. The van der Waals surface area contributed by atoms with Gasteiger partial charge in [0.15, 0.2) is 0 Å². The second-order valence-corrected chi connectivity index (χ2v) is 3.23.